The van der Waals surface area contributed by atoms with Crippen LogP contribution < -0.4 is 0 Å². The predicted octanol–water partition coefficient (Wildman–Crippen LogP) is 1.40. The minimum atomic E-state index is -3.50. The van der Waals surface area contributed by atoms with Gasteiger partial charge in [0, 0.05) is 18.1 Å². The second kappa shape index (κ2) is 4.57. The summed E-state index contributed by atoms with van der Waals surface area (Å²) in [5.74, 6) is 0. The zero-order valence-electron chi connectivity index (χ0n) is 9.43. The standard InChI is InChI=1S/C11H14ClNO3S/c1-8-6-9(12)2-3-11(8)17(15,16)13-5-4-10(14)7-13/h2-3,6,10,14H,4-5,7H2,1H3/t10-/m1/s1. The third-order valence-electron chi connectivity index (χ3n) is 2.88. The number of β-amino-alcohol motifs (C(OH)–C–C–N with tert-alkyl or cyclic N) is 1. The summed E-state index contributed by atoms with van der Waals surface area (Å²) >= 11 is 5.80. The van der Waals surface area contributed by atoms with Crippen LogP contribution in [0.2, 0.25) is 5.02 Å². The molecule has 1 N–H and O–H groups in total. The molecule has 1 heterocycles. The van der Waals surface area contributed by atoms with Crippen molar-refractivity contribution in [1.29, 1.82) is 0 Å². The summed E-state index contributed by atoms with van der Waals surface area (Å²) in [6.45, 7) is 2.25. The molecule has 0 bridgehead atoms. The third-order valence-corrected chi connectivity index (χ3v) is 5.14. The van der Waals surface area contributed by atoms with Gasteiger partial charge in [0.1, 0.15) is 0 Å². The van der Waals surface area contributed by atoms with Crippen LogP contribution in [0.15, 0.2) is 23.1 Å². The molecule has 0 spiro atoms. The zero-order valence-corrected chi connectivity index (χ0v) is 11.0. The number of rotatable bonds is 2. The summed E-state index contributed by atoms with van der Waals surface area (Å²) < 4.78 is 25.9. The predicted molar refractivity (Wildman–Crippen MR) is 65.6 cm³/mol. The van der Waals surface area contributed by atoms with Crippen molar-refractivity contribution in [3.63, 3.8) is 0 Å². The van der Waals surface area contributed by atoms with Crippen LogP contribution in [0.3, 0.4) is 0 Å². The molecule has 4 nitrogen and oxygen atoms in total. The minimum absolute atomic E-state index is 0.171. The van der Waals surface area contributed by atoms with Gasteiger partial charge < -0.3 is 5.11 Å². The number of nitrogens with zero attached hydrogens (tertiary/aromatic N) is 1. The third kappa shape index (κ3) is 2.47. The summed E-state index contributed by atoms with van der Waals surface area (Å²) in [6, 6.07) is 4.70. The maximum absolute atomic E-state index is 12.3. The van der Waals surface area contributed by atoms with Gasteiger partial charge in [-0.3, -0.25) is 0 Å². The van der Waals surface area contributed by atoms with Crippen molar-refractivity contribution < 1.29 is 13.5 Å². The second-order valence-corrected chi connectivity index (χ2v) is 6.56. The van der Waals surface area contributed by atoms with E-state index in [1.54, 1.807) is 19.1 Å². The molecule has 0 aromatic heterocycles. The fourth-order valence-corrected chi connectivity index (χ4v) is 3.90. The molecule has 0 saturated carbocycles. The number of hydrogen-bond acceptors (Lipinski definition) is 3. The topological polar surface area (TPSA) is 57.6 Å². The van der Waals surface area contributed by atoms with Crippen molar-refractivity contribution in [3.05, 3.63) is 28.8 Å². The van der Waals surface area contributed by atoms with E-state index in [2.05, 4.69) is 0 Å². The highest BCUT2D eigenvalue weighted by molar-refractivity contribution is 7.89. The Balaban J connectivity index is 2.38. The Bertz CT molecular complexity index is 530. The molecule has 1 atom stereocenters. The Morgan fingerprint density at radius 2 is 2.18 bits per heavy atom. The molecule has 0 aliphatic carbocycles. The van der Waals surface area contributed by atoms with Crippen LogP contribution in [0, 0.1) is 6.92 Å². The quantitative estimate of drug-likeness (QED) is 0.888. The lowest BCUT2D eigenvalue weighted by atomic mass is 10.2. The Hall–Kier alpha value is -0.620. The van der Waals surface area contributed by atoms with Gasteiger partial charge in [-0.05, 0) is 37.1 Å². The van der Waals surface area contributed by atoms with Crippen molar-refractivity contribution in [3.8, 4) is 0 Å². The molecule has 17 heavy (non-hydrogen) atoms. The van der Waals surface area contributed by atoms with Crippen LogP contribution >= 0.6 is 11.6 Å². The van der Waals surface area contributed by atoms with Gasteiger partial charge in [0.2, 0.25) is 10.0 Å². The summed E-state index contributed by atoms with van der Waals surface area (Å²) in [5.41, 5.74) is 0.624. The number of aryl methyl sites for hydroxylation is 1. The lowest BCUT2D eigenvalue weighted by Gasteiger charge is -2.17. The summed E-state index contributed by atoms with van der Waals surface area (Å²) in [6.07, 6.45) is -0.0660. The first-order valence-corrected chi connectivity index (χ1v) is 7.17. The largest absolute Gasteiger partial charge is 0.392 e. The van der Waals surface area contributed by atoms with Crippen LogP contribution in [0.4, 0.5) is 0 Å². The van der Waals surface area contributed by atoms with Gasteiger partial charge >= 0.3 is 0 Å². The highest BCUT2D eigenvalue weighted by Gasteiger charge is 2.32. The molecule has 0 radical (unpaired) electrons. The maximum Gasteiger partial charge on any atom is 0.243 e. The average Bonchev–Trinajstić information content (AvgIpc) is 2.64. The van der Waals surface area contributed by atoms with Gasteiger partial charge in [-0.25, -0.2) is 8.42 Å². The number of hydrogen-bond donors (Lipinski definition) is 1. The average molecular weight is 276 g/mol. The molecule has 0 unspecified atom stereocenters. The molecular weight excluding hydrogens is 262 g/mol. The van der Waals surface area contributed by atoms with E-state index in [0.29, 0.717) is 23.6 Å². The molecule has 1 aliphatic heterocycles. The summed E-state index contributed by atoms with van der Waals surface area (Å²) in [5, 5.41) is 9.91. The minimum Gasteiger partial charge on any atom is -0.392 e. The van der Waals surface area contributed by atoms with Crippen LogP contribution in [0.5, 0.6) is 0 Å². The van der Waals surface area contributed by atoms with Gasteiger partial charge in [0.15, 0.2) is 0 Å². The Kier molecular flexibility index (Phi) is 3.45. The summed E-state index contributed by atoms with van der Waals surface area (Å²) in [7, 11) is -3.50. The fourth-order valence-electron chi connectivity index (χ4n) is 1.97. The first-order valence-electron chi connectivity index (χ1n) is 5.35. The molecule has 1 fully saturated rings. The SMILES string of the molecule is Cc1cc(Cl)ccc1S(=O)(=O)N1CC[C@@H](O)C1. The molecule has 0 amide bonds. The van der Waals surface area contributed by atoms with Crippen LogP contribution in [-0.4, -0.2) is 37.0 Å². The van der Waals surface area contributed by atoms with Gasteiger partial charge in [-0.15, -0.1) is 0 Å². The number of aliphatic hydroxyl groups excluding tert-OH is 1. The van der Waals surface area contributed by atoms with E-state index >= 15 is 0 Å². The molecule has 2 rings (SSSR count). The van der Waals surface area contributed by atoms with Gasteiger partial charge in [0.05, 0.1) is 11.0 Å². The number of sulfonamides is 1. The Morgan fingerprint density at radius 1 is 1.47 bits per heavy atom. The number of halogens is 1. The molecule has 1 saturated heterocycles. The van der Waals surface area contributed by atoms with Crippen molar-refractivity contribution >= 4 is 21.6 Å². The fraction of sp³-hybridized carbons (Fsp3) is 0.455. The van der Waals surface area contributed by atoms with Crippen molar-refractivity contribution in [2.45, 2.75) is 24.3 Å². The lowest BCUT2D eigenvalue weighted by Crippen LogP contribution is -2.30. The van der Waals surface area contributed by atoms with E-state index in [-0.39, 0.29) is 11.4 Å². The normalized spacial score (nSPS) is 21.9. The van der Waals surface area contributed by atoms with E-state index in [1.165, 1.54) is 10.4 Å². The van der Waals surface area contributed by atoms with Crippen LogP contribution in [0.25, 0.3) is 0 Å². The molecule has 94 valence electrons. The van der Waals surface area contributed by atoms with E-state index in [0.717, 1.165) is 0 Å². The maximum atomic E-state index is 12.3. The van der Waals surface area contributed by atoms with Crippen molar-refractivity contribution in [2.75, 3.05) is 13.1 Å². The van der Waals surface area contributed by atoms with Gasteiger partial charge in [-0.2, -0.15) is 4.31 Å². The highest BCUT2D eigenvalue weighted by atomic mass is 35.5. The Labute approximate surface area is 106 Å². The highest BCUT2D eigenvalue weighted by Crippen LogP contribution is 2.25. The van der Waals surface area contributed by atoms with E-state index in [1.807, 2.05) is 0 Å². The van der Waals surface area contributed by atoms with Crippen molar-refractivity contribution in [2.24, 2.45) is 0 Å². The van der Waals surface area contributed by atoms with Crippen molar-refractivity contribution in [1.82, 2.24) is 4.31 Å². The lowest BCUT2D eigenvalue weighted by molar-refractivity contribution is 0.189. The zero-order chi connectivity index (χ0) is 12.6. The molecule has 6 heteroatoms. The van der Waals surface area contributed by atoms with E-state index < -0.39 is 16.1 Å². The smallest absolute Gasteiger partial charge is 0.243 e. The van der Waals surface area contributed by atoms with Crippen LogP contribution in [-0.2, 0) is 10.0 Å². The first-order chi connectivity index (χ1) is 7.91. The molecular formula is C11H14ClNO3S. The Morgan fingerprint density at radius 3 is 2.71 bits per heavy atom. The molecule has 1 aliphatic rings. The van der Waals surface area contributed by atoms with Crippen LogP contribution in [0.1, 0.15) is 12.0 Å². The number of aliphatic hydroxyl groups is 1. The summed E-state index contributed by atoms with van der Waals surface area (Å²) in [4.78, 5) is 0.260. The van der Waals surface area contributed by atoms with Gasteiger partial charge in [0.25, 0.3) is 0 Å². The van der Waals surface area contributed by atoms with E-state index in [4.69, 9.17) is 11.6 Å². The molecule has 1 aromatic rings. The second-order valence-electron chi connectivity index (χ2n) is 4.22. The van der Waals surface area contributed by atoms with E-state index in [9.17, 15) is 13.5 Å². The molecule has 1 aromatic carbocycles. The van der Waals surface area contributed by atoms with Gasteiger partial charge in [-0.1, -0.05) is 11.6 Å². The monoisotopic (exact) mass is 275 g/mol. The number of benzene rings is 1. The first kappa shape index (κ1) is 12.8.